The highest BCUT2D eigenvalue weighted by Crippen LogP contribution is 2.29. The van der Waals surface area contributed by atoms with Crippen LogP contribution in [0.4, 0.5) is 18.3 Å². The first-order valence-corrected chi connectivity index (χ1v) is 9.50. The summed E-state index contributed by atoms with van der Waals surface area (Å²) in [6, 6.07) is 5.53. The van der Waals surface area contributed by atoms with Gasteiger partial charge in [-0.05, 0) is 11.6 Å². The topological polar surface area (TPSA) is 48.5 Å². The van der Waals surface area contributed by atoms with E-state index in [9.17, 15) is 18.0 Å². The van der Waals surface area contributed by atoms with Crippen molar-refractivity contribution in [1.82, 2.24) is 14.8 Å². The second-order valence-corrected chi connectivity index (χ2v) is 7.43. The van der Waals surface area contributed by atoms with Gasteiger partial charge in [0.25, 0.3) is 0 Å². The molecule has 27 heavy (non-hydrogen) atoms. The Kier molecular flexibility index (Phi) is 6.13. The number of hydrogen-bond acceptors (Lipinski definition) is 5. The number of alkyl halides is 3. The maximum absolute atomic E-state index is 12.8. The average molecular weight is 398 g/mol. The highest BCUT2D eigenvalue weighted by Gasteiger charge is 2.30. The zero-order chi connectivity index (χ0) is 19.4. The molecule has 1 amide bonds. The first kappa shape index (κ1) is 19.8. The highest BCUT2D eigenvalue weighted by molar-refractivity contribution is 7.13. The third-order valence-corrected chi connectivity index (χ3v) is 5.15. The van der Waals surface area contributed by atoms with E-state index < -0.39 is 11.7 Å². The van der Waals surface area contributed by atoms with Gasteiger partial charge in [0, 0.05) is 51.6 Å². The molecule has 1 N–H and O–H groups in total. The van der Waals surface area contributed by atoms with Gasteiger partial charge in [-0.25, -0.2) is 4.98 Å². The highest BCUT2D eigenvalue weighted by atomic mass is 32.1. The van der Waals surface area contributed by atoms with Crippen LogP contribution >= 0.6 is 11.3 Å². The number of nitrogens with zero attached hydrogens (tertiary/aromatic N) is 3. The fourth-order valence-electron chi connectivity index (χ4n) is 3.03. The van der Waals surface area contributed by atoms with E-state index in [0.717, 1.165) is 37.9 Å². The molecule has 1 aromatic carbocycles. The number of rotatable bonds is 5. The second kappa shape index (κ2) is 8.37. The summed E-state index contributed by atoms with van der Waals surface area (Å²) in [5.74, 6) is -0.140. The van der Waals surface area contributed by atoms with Crippen molar-refractivity contribution < 1.29 is 18.0 Å². The molecule has 1 aliphatic heterocycles. The summed E-state index contributed by atoms with van der Waals surface area (Å²) in [6.45, 7) is 5.90. The minimum absolute atomic E-state index is 0.140. The van der Waals surface area contributed by atoms with E-state index in [-0.39, 0.29) is 5.91 Å². The van der Waals surface area contributed by atoms with E-state index in [2.05, 4.69) is 20.1 Å². The molecule has 2 heterocycles. The molecule has 0 atom stereocenters. The van der Waals surface area contributed by atoms with Crippen LogP contribution in [0.1, 0.15) is 23.7 Å². The van der Waals surface area contributed by atoms with Gasteiger partial charge in [0.2, 0.25) is 5.91 Å². The van der Waals surface area contributed by atoms with Gasteiger partial charge >= 0.3 is 6.18 Å². The number of benzene rings is 1. The summed E-state index contributed by atoms with van der Waals surface area (Å²) in [5, 5.41) is 5.20. The number of hydrogen-bond donors (Lipinski definition) is 1. The summed E-state index contributed by atoms with van der Waals surface area (Å²) in [7, 11) is 0. The van der Waals surface area contributed by atoms with Gasteiger partial charge in [-0.2, -0.15) is 13.2 Å². The van der Waals surface area contributed by atoms with E-state index in [4.69, 9.17) is 0 Å². The summed E-state index contributed by atoms with van der Waals surface area (Å²) in [5.41, 5.74) is 0.991. The first-order valence-electron chi connectivity index (χ1n) is 8.62. The lowest BCUT2D eigenvalue weighted by molar-refractivity contribution is -0.137. The molecule has 3 rings (SSSR count). The molecule has 0 aliphatic carbocycles. The van der Waals surface area contributed by atoms with Gasteiger partial charge in [-0.15, -0.1) is 11.3 Å². The lowest BCUT2D eigenvalue weighted by atomic mass is 10.1. The maximum Gasteiger partial charge on any atom is 0.416 e. The van der Waals surface area contributed by atoms with Crippen molar-refractivity contribution in [3.05, 3.63) is 46.5 Å². The molecule has 9 heteroatoms. The molecule has 1 aromatic heterocycles. The Hall–Kier alpha value is -1.97. The fraction of sp³-hybridized carbons (Fsp3) is 0.444. The Morgan fingerprint density at radius 2 is 1.85 bits per heavy atom. The van der Waals surface area contributed by atoms with Crippen molar-refractivity contribution in [2.45, 2.75) is 26.2 Å². The molecule has 0 spiro atoms. The first-order chi connectivity index (χ1) is 12.8. The van der Waals surface area contributed by atoms with Crippen molar-refractivity contribution in [3.63, 3.8) is 0 Å². The van der Waals surface area contributed by atoms with Gasteiger partial charge < -0.3 is 5.32 Å². The number of amides is 1. The molecule has 1 fully saturated rings. The third-order valence-electron chi connectivity index (χ3n) is 4.35. The molecule has 0 unspecified atom stereocenters. The van der Waals surface area contributed by atoms with E-state index in [1.807, 2.05) is 5.38 Å². The van der Waals surface area contributed by atoms with Gasteiger partial charge in [0.15, 0.2) is 5.13 Å². The standard InChI is InChI=1S/C18H21F3N4OS/c1-13(26)22-17-23-16(12-27-17)11-25-7-5-24(6-8-25)10-14-3-2-4-15(9-14)18(19,20)21/h2-4,9,12H,5-8,10-11H2,1H3,(H,22,23,26). The Morgan fingerprint density at radius 1 is 1.19 bits per heavy atom. The van der Waals surface area contributed by atoms with Crippen molar-refractivity contribution >= 4 is 22.4 Å². The van der Waals surface area contributed by atoms with Crippen molar-refractivity contribution in [2.24, 2.45) is 0 Å². The number of nitrogens with one attached hydrogen (secondary N) is 1. The molecule has 1 saturated heterocycles. The Balaban J connectivity index is 1.49. The number of aromatic nitrogens is 1. The normalized spacial score (nSPS) is 16.4. The number of carbonyl (C=O) groups is 1. The maximum atomic E-state index is 12.8. The monoisotopic (exact) mass is 398 g/mol. The van der Waals surface area contributed by atoms with Crippen molar-refractivity contribution in [2.75, 3.05) is 31.5 Å². The average Bonchev–Trinajstić information content (AvgIpc) is 3.02. The molecule has 0 radical (unpaired) electrons. The van der Waals surface area contributed by atoms with Gasteiger partial charge in [-0.1, -0.05) is 18.2 Å². The molecule has 1 aliphatic rings. The zero-order valence-electron chi connectivity index (χ0n) is 14.9. The van der Waals surface area contributed by atoms with Crippen molar-refractivity contribution in [1.29, 1.82) is 0 Å². The number of thiazole rings is 1. The van der Waals surface area contributed by atoms with Gasteiger partial charge in [-0.3, -0.25) is 14.6 Å². The minimum Gasteiger partial charge on any atom is -0.302 e. The summed E-state index contributed by atoms with van der Waals surface area (Å²) < 4.78 is 38.5. The van der Waals surface area contributed by atoms with Crippen LogP contribution in [0.2, 0.25) is 0 Å². The number of piperazine rings is 1. The summed E-state index contributed by atoms with van der Waals surface area (Å²) in [4.78, 5) is 19.9. The quantitative estimate of drug-likeness (QED) is 0.838. The molecule has 0 saturated carbocycles. The van der Waals surface area contributed by atoms with Crippen LogP contribution in [-0.4, -0.2) is 46.9 Å². The van der Waals surface area contributed by atoms with Gasteiger partial charge in [0.05, 0.1) is 11.3 Å². The molecule has 146 valence electrons. The second-order valence-electron chi connectivity index (χ2n) is 6.58. The number of carbonyl (C=O) groups excluding carboxylic acids is 1. The summed E-state index contributed by atoms with van der Waals surface area (Å²) >= 11 is 1.40. The lowest BCUT2D eigenvalue weighted by Crippen LogP contribution is -2.45. The smallest absolute Gasteiger partial charge is 0.302 e. The molecule has 0 bridgehead atoms. The van der Waals surface area contributed by atoms with Crippen LogP contribution < -0.4 is 5.32 Å². The SMILES string of the molecule is CC(=O)Nc1nc(CN2CCN(Cc3cccc(C(F)(F)F)c3)CC2)cs1. The van der Waals surface area contributed by atoms with Crippen LogP contribution in [0.3, 0.4) is 0 Å². The molecular formula is C18H21F3N4OS. The fourth-order valence-corrected chi connectivity index (χ4v) is 3.77. The molecule has 2 aromatic rings. The molecular weight excluding hydrogens is 377 g/mol. The van der Waals surface area contributed by atoms with Crippen molar-refractivity contribution in [3.8, 4) is 0 Å². The number of halogens is 3. The predicted molar refractivity (Wildman–Crippen MR) is 98.4 cm³/mol. The molecule has 5 nitrogen and oxygen atoms in total. The van der Waals surface area contributed by atoms with E-state index in [1.165, 1.54) is 30.4 Å². The van der Waals surface area contributed by atoms with E-state index in [0.29, 0.717) is 23.8 Å². The summed E-state index contributed by atoms with van der Waals surface area (Å²) in [6.07, 6.45) is -4.31. The van der Waals surface area contributed by atoms with Crippen LogP contribution in [-0.2, 0) is 24.1 Å². The number of anilines is 1. The predicted octanol–water partition coefficient (Wildman–Crippen LogP) is 3.44. The Labute approximate surface area is 159 Å². The van der Waals surface area contributed by atoms with Gasteiger partial charge in [0.1, 0.15) is 0 Å². The van der Waals surface area contributed by atoms with E-state index >= 15 is 0 Å². The zero-order valence-corrected chi connectivity index (χ0v) is 15.7. The Bertz CT molecular complexity index is 785. The minimum atomic E-state index is -4.31. The lowest BCUT2D eigenvalue weighted by Gasteiger charge is -2.34. The van der Waals surface area contributed by atoms with Crippen LogP contribution in [0.15, 0.2) is 29.6 Å². The van der Waals surface area contributed by atoms with Crippen LogP contribution in [0, 0.1) is 0 Å². The third kappa shape index (κ3) is 5.75. The van der Waals surface area contributed by atoms with E-state index in [1.54, 1.807) is 6.07 Å². The Morgan fingerprint density at radius 3 is 2.48 bits per heavy atom. The van der Waals surface area contributed by atoms with Crippen LogP contribution in [0.25, 0.3) is 0 Å². The largest absolute Gasteiger partial charge is 0.416 e. The van der Waals surface area contributed by atoms with Crippen LogP contribution in [0.5, 0.6) is 0 Å².